The summed E-state index contributed by atoms with van der Waals surface area (Å²) in [7, 11) is 3.61. The lowest BCUT2D eigenvalue weighted by molar-refractivity contribution is -0.139. The summed E-state index contributed by atoms with van der Waals surface area (Å²) in [6, 6.07) is 16.7. The van der Waals surface area contributed by atoms with Crippen molar-refractivity contribution in [2.24, 2.45) is 7.05 Å². The minimum atomic E-state index is -0.657. The zero-order chi connectivity index (χ0) is 26.3. The molecule has 2 aromatic heterocycles. The maximum atomic E-state index is 13.4. The molecule has 1 amide bonds. The van der Waals surface area contributed by atoms with Gasteiger partial charge < -0.3 is 19.3 Å². The zero-order valence-electron chi connectivity index (χ0n) is 21.4. The SMILES string of the molecule is COc1ccc(/C(O)=C2/C(=O)C(=O)N(CCc3cn(C)c4ccccc34)C2c2cccs2)cc1C(C)C. The summed E-state index contributed by atoms with van der Waals surface area (Å²) in [4.78, 5) is 29.2. The normalized spacial score (nSPS) is 17.3. The van der Waals surface area contributed by atoms with Gasteiger partial charge in [0.25, 0.3) is 11.7 Å². The summed E-state index contributed by atoms with van der Waals surface area (Å²) in [5.74, 6) is -0.529. The number of amides is 1. The van der Waals surface area contributed by atoms with Crippen molar-refractivity contribution in [2.75, 3.05) is 13.7 Å². The van der Waals surface area contributed by atoms with E-state index in [0.29, 0.717) is 18.5 Å². The van der Waals surface area contributed by atoms with E-state index >= 15 is 0 Å². The van der Waals surface area contributed by atoms with Gasteiger partial charge in [-0.05, 0) is 59.2 Å². The van der Waals surface area contributed by atoms with Crippen LogP contribution in [0.5, 0.6) is 5.75 Å². The molecule has 0 spiro atoms. The fraction of sp³-hybridized carbons (Fsp3) is 0.267. The quantitative estimate of drug-likeness (QED) is 0.186. The van der Waals surface area contributed by atoms with Crippen LogP contribution in [0.2, 0.25) is 0 Å². The molecule has 2 aromatic carbocycles. The predicted octanol–water partition coefficient (Wildman–Crippen LogP) is 6.04. The van der Waals surface area contributed by atoms with E-state index in [2.05, 4.69) is 22.9 Å². The number of ether oxygens (including phenoxy) is 1. The summed E-state index contributed by atoms with van der Waals surface area (Å²) in [6.45, 7) is 4.44. The number of rotatable bonds is 7. The van der Waals surface area contributed by atoms with Crippen molar-refractivity contribution in [2.45, 2.75) is 32.2 Å². The Morgan fingerprint density at radius 1 is 1.11 bits per heavy atom. The molecule has 1 aliphatic heterocycles. The first kappa shape index (κ1) is 24.8. The number of para-hydroxylation sites is 1. The molecule has 0 saturated carbocycles. The van der Waals surface area contributed by atoms with Gasteiger partial charge >= 0.3 is 0 Å². The molecule has 1 N–H and O–H groups in total. The first-order valence-corrected chi connectivity index (χ1v) is 13.2. The number of carbonyl (C=O) groups is 2. The Hall–Kier alpha value is -3.84. The van der Waals surface area contributed by atoms with E-state index in [1.54, 1.807) is 24.1 Å². The van der Waals surface area contributed by atoms with Crippen molar-refractivity contribution in [3.05, 3.63) is 93.3 Å². The number of likely N-dealkylation sites (tertiary alicyclic amines) is 1. The largest absolute Gasteiger partial charge is 0.507 e. The molecule has 37 heavy (non-hydrogen) atoms. The second-order valence-electron chi connectivity index (χ2n) is 9.65. The maximum Gasteiger partial charge on any atom is 0.295 e. The molecule has 0 bridgehead atoms. The number of aliphatic hydroxyl groups is 1. The van der Waals surface area contributed by atoms with Crippen molar-refractivity contribution >= 4 is 39.7 Å². The molecular weight excluding hydrogens is 484 g/mol. The number of Topliss-reactive ketones (excluding diaryl/α,β-unsaturated/α-hetero) is 1. The van der Waals surface area contributed by atoms with E-state index < -0.39 is 17.7 Å². The number of ketones is 1. The van der Waals surface area contributed by atoms with Crippen LogP contribution in [0, 0.1) is 0 Å². The number of nitrogens with zero attached hydrogens (tertiary/aromatic N) is 2. The lowest BCUT2D eigenvalue weighted by Crippen LogP contribution is -2.31. The standard InChI is InChI=1S/C30H30N2O4S/c1-18(2)22-16-19(11-12-24(22)36-4)28(33)26-27(25-10-7-15-37-25)32(30(35)29(26)34)14-13-20-17-31(3)23-9-6-5-8-21(20)23/h5-12,15-18,27,33H,13-14H2,1-4H3/b28-26-. The van der Waals surface area contributed by atoms with Crippen LogP contribution < -0.4 is 4.74 Å². The lowest BCUT2D eigenvalue weighted by atomic mass is 9.95. The minimum Gasteiger partial charge on any atom is -0.507 e. The van der Waals surface area contributed by atoms with E-state index in [1.807, 2.05) is 56.6 Å². The number of carbonyl (C=O) groups excluding carboxylic acids is 2. The molecule has 1 aliphatic rings. The fourth-order valence-corrected chi connectivity index (χ4v) is 6.05. The highest BCUT2D eigenvalue weighted by Crippen LogP contribution is 2.42. The summed E-state index contributed by atoms with van der Waals surface area (Å²) in [6.07, 6.45) is 2.67. The molecule has 5 rings (SSSR count). The molecular formula is C30H30N2O4S. The van der Waals surface area contributed by atoms with Crippen LogP contribution in [0.15, 0.2) is 71.7 Å². The number of hydrogen-bond donors (Lipinski definition) is 1. The number of aromatic nitrogens is 1. The number of thiophene rings is 1. The van der Waals surface area contributed by atoms with Gasteiger partial charge in [-0.15, -0.1) is 11.3 Å². The van der Waals surface area contributed by atoms with Crippen molar-refractivity contribution in [1.29, 1.82) is 0 Å². The van der Waals surface area contributed by atoms with Gasteiger partial charge in [0.15, 0.2) is 0 Å². The van der Waals surface area contributed by atoms with Crippen molar-refractivity contribution in [1.82, 2.24) is 9.47 Å². The average molecular weight is 515 g/mol. The molecule has 1 fully saturated rings. The maximum absolute atomic E-state index is 13.4. The molecule has 6 nitrogen and oxygen atoms in total. The van der Waals surface area contributed by atoms with E-state index in [-0.39, 0.29) is 17.3 Å². The number of aliphatic hydroxyl groups excluding tert-OH is 1. The van der Waals surface area contributed by atoms with Gasteiger partial charge in [0.05, 0.1) is 18.7 Å². The molecule has 4 aromatic rings. The van der Waals surface area contributed by atoms with Crippen molar-refractivity contribution < 1.29 is 19.4 Å². The van der Waals surface area contributed by atoms with Crippen LogP contribution in [0.1, 0.15) is 47.4 Å². The van der Waals surface area contributed by atoms with Gasteiger partial charge in [0, 0.05) is 41.1 Å². The molecule has 0 aliphatic carbocycles. The Labute approximate surface area is 220 Å². The van der Waals surface area contributed by atoms with Crippen molar-refractivity contribution in [3.8, 4) is 5.75 Å². The molecule has 190 valence electrons. The number of methoxy groups -OCH3 is 1. The Bertz CT molecular complexity index is 1510. The van der Waals surface area contributed by atoms with Crippen LogP contribution >= 0.6 is 11.3 Å². The molecule has 3 heterocycles. The Balaban J connectivity index is 1.55. The Morgan fingerprint density at radius 2 is 1.89 bits per heavy atom. The van der Waals surface area contributed by atoms with Gasteiger partial charge in [0.1, 0.15) is 11.5 Å². The van der Waals surface area contributed by atoms with Gasteiger partial charge in [-0.1, -0.05) is 38.1 Å². The second-order valence-corrected chi connectivity index (χ2v) is 10.6. The third kappa shape index (κ3) is 4.33. The number of fused-ring (bicyclic) bond motifs is 1. The van der Waals surface area contributed by atoms with Crippen LogP contribution in [-0.2, 0) is 23.1 Å². The summed E-state index contributed by atoms with van der Waals surface area (Å²) >= 11 is 1.47. The van der Waals surface area contributed by atoms with Gasteiger partial charge in [0.2, 0.25) is 0 Å². The summed E-state index contributed by atoms with van der Waals surface area (Å²) in [5, 5.41) is 14.5. The first-order chi connectivity index (χ1) is 17.8. The lowest BCUT2D eigenvalue weighted by Gasteiger charge is -2.24. The smallest absolute Gasteiger partial charge is 0.295 e. The summed E-state index contributed by atoms with van der Waals surface area (Å²) in [5.41, 5.74) is 3.78. The monoisotopic (exact) mass is 514 g/mol. The first-order valence-electron chi connectivity index (χ1n) is 12.3. The molecule has 0 radical (unpaired) electrons. The van der Waals surface area contributed by atoms with Crippen LogP contribution in [0.3, 0.4) is 0 Å². The van der Waals surface area contributed by atoms with Crippen LogP contribution in [0.25, 0.3) is 16.7 Å². The molecule has 7 heteroatoms. The third-order valence-corrected chi connectivity index (χ3v) is 8.00. The van der Waals surface area contributed by atoms with E-state index in [9.17, 15) is 14.7 Å². The fourth-order valence-electron chi connectivity index (χ4n) is 5.21. The third-order valence-electron chi connectivity index (χ3n) is 7.08. The zero-order valence-corrected chi connectivity index (χ0v) is 22.2. The number of hydrogen-bond acceptors (Lipinski definition) is 5. The minimum absolute atomic E-state index is 0.130. The van der Waals surface area contributed by atoms with E-state index in [0.717, 1.165) is 32.7 Å². The highest BCUT2D eigenvalue weighted by Gasteiger charge is 2.46. The topological polar surface area (TPSA) is 71.8 Å². The molecule has 1 saturated heterocycles. The predicted molar refractivity (Wildman–Crippen MR) is 147 cm³/mol. The van der Waals surface area contributed by atoms with Crippen LogP contribution in [0.4, 0.5) is 0 Å². The Morgan fingerprint density at radius 3 is 2.59 bits per heavy atom. The average Bonchev–Trinajstić information content (AvgIpc) is 3.60. The van der Waals surface area contributed by atoms with Gasteiger partial charge in [-0.25, -0.2) is 0 Å². The Kier molecular flexibility index (Phi) is 6.65. The van der Waals surface area contributed by atoms with E-state index in [4.69, 9.17) is 4.74 Å². The van der Waals surface area contributed by atoms with Gasteiger partial charge in [-0.2, -0.15) is 0 Å². The van der Waals surface area contributed by atoms with Gasteiger partial charge in [-0.3, -0.25) is 9.59 Å². The molecule has 1 unspecified atom stereocenters. The highest BCUT2D eigenvalue weighted by molar-refractivity contribution is 7.10. The molecule has 1 atom stereocenters. The summed E-state index contributed by atoms with van der Waals surface area (Å²) < 4.78 is 7.56. The van der Waals surface area contributed by atoms with E-state index in [1.165, 1.54) is 11.3 Å². The second kappa shape index (κ2) is 9.90. The van der Waals surface area contributed by atoms with Crippen LogP contribution in [-0.4, -0.2) is 39.9 Å². The number of aryl methyl sites for hydroxylation is 1. The van der Waals surface area contributed by atoms with Crippen molar-refractivity contribution in [3.63, 3.8) is 0 Å². The highest BCUT2D eigenvalue weighted by atomic mass is 32.1. The number of benzene rings is 2.